The van der Waals surface area contributed by atoms with Crippen LogP contribution >= 0.6 is 0 Å². The predicted octanol–water partition coefficient (Wildman–Crippen LogP) is 3.44. The second-order valence-electron chi connectivity index (χ2n) is 9.14. The first-order valence-corrected chi connectivity index (χ1v) is 11.3. The summed E-state index contributed by atoms with van der Waals surface area (Å²) in [7, 11) is 0. The van der Waals surface area contributed by atoms with E-state index < -0.39 is 5.54 Å². The molecule has 0 fully saturated rings. The van der Waals surface area contributed by atoms with E-state index in [4.69, 9.17) is 5.73 Å². The molecule has 170 valence electrons. The molecule has 0 saturated heterocycles. The maximum Gasteiger partial charge on any atom is 0.257 e. The van der Waals surface area contributed by atoms with Crippen molar-refractivity contribution < 1.29 is 9.59 Å². The summed E-state index contributed by atoms with van der Waals surface area (Å²) in [6.45, 7) is 7.06. The Kier molecular flexibility index (Phi) is 7.67. The molecule has 2 aromatic rings. The third kappa shape index (κ3) is 6.19. The lowest BCUT2D eigenvalue weighted by Gasteiger charge is -2.23. The largest absolute Gasteiger partial charge is 0.369 e. The number of carbonyl (C=O) groups excluding carboxylic acids is 2. The molecule has 2 aromatic carbocycles. The molecule has 32 heavy (non-hydrogen) atoms. The molecule has 0 aliphatic carbocycles. The Labute approximate surface area is 190 Å². The number of carbonyl (C=O) groups is 2. The van der Waals surface area contributed by atoms with Gasteiger partial charge in [-0.1, -0.05) is 68.4 Å². The third-order valence-corrected chi connectivity index (χ3v) is 5.73. The normalized spacial score (nSPS) is 18.2. The van der Waals surface area contributed by atoms with Crippen LogP contribution in [0.5, 0.6) is 0 Å². The lowest BCUT2D eigenvalue weighted by atomic mass is 9.91. The van der Waals surface area contributed by atoms with Gasteiger partial charge in [-0.05, 0) is 48.8 Å². The van der Waals surface area contributed by atoms with Crippen molar-refractivity contribution in [2.45, 2.75) is 58.5 Å². The van der Waals surface area contributed by atoms with Gasteiger partial charge in [0.2, 0.25) is 5.91 Å². The Morgan fingerprint density at radius 3 is 2.31 bits per heavy atom. The lowest BCUT2D eigenvalue weighted by molar-refractivity contribution is -0.131. The molecular formula is C26H34N4O2. The van der Waals surface area contributed by atoms with E-state index >= 15 is 0 Å². The van der Waals surface area contributed by atoms with E-state index in [-0.39, 0.29) is 17.8 Å². The van der Waals surface area contributed by atoms with E-state index in [0.29, 0.717) is 38.3 Å². The van der Waals surface area contributed by atoms with Gasteiger partial charge in [0.05, 0.1) is 6.54 Å². The summed E-state index contributed by atoms with van der Waals surface area (Å²) in [4.78, 5) is 31.0. The molecule has 1 unspecified atom stereocenters. The number of nitrogens with two attached hydrogens (primary N) is 1. The van der Waals surface area contributed by atoms with Gasteiger partial charge in [-0.25, -0.2) is 4.99 Å². The molecule has 1 aliphatic rings. The Hall–Kier alpha value is -3.15. The third-order valence-electron chi connectivity index (χ3n) is 5.73. The average Bonchev–Trinajstić information content (AvgIpc) is 2.96. The van der Waals surface area contributed by atoms with Crippen molar-refractivity contribution in [2.24, 2.45) is 16.6 Å². The summed E-state index contributed by atoms with van der Waals surface area (Å²) < 4.78 is 0. The Bertz CT molecular complexity index is 954. The molecule has 1 atom stereocenters. The van der Waals surface area contributed by atoms with Crippen molar-refractivity contribution in [1.29, 1.82) is 0 Å². The minimum Gasteiger partial charge on any atom is -0.369 e. The second kappa shape index (κ2) is 10.4. The van der Waals surface area contributed by atoms with Crippen LogP contribution in [0.15, 0.2) is 59.6 Å². The summed E-state index contributed by atoms with van der Waals surface area (Å²) in [6.07, 6.45) is 2.64. The van der Waals surface area contributed by atoms with Crippen LogP contribution in [0, 0.1) is 5.92 Å². The molecule has 1 aliphatic heterocycles. The molecule has 3 N–H and O–H groups in total. The number of benzene rings is 2. The summed E-state index contributed by atoms with van der Waals surface area (Å²) in [5, 5.41) is 2.98. The van der Waals surface area contributed by atoms with Crippen LogP contribution in [0.1, 0.15) is 50.3 Å². The van der Waals surface area contributed by atoms with Crippen molar-refractivity contribution in [1.82, 2.24) is 10.2 Å². The first-order chi connectivity index (χ1) is 15.3. The molecule has 3 rings (SSSR count). The zero-order chi connectivity index (χ0) is 23.1. The number of aryl methyl sites for hydroxylation is 1. The molecular weight excluding hydrogens is 400 g/mol. The highest BCUT2D eigenvalue weighted by atomic mass is 16.2. The van der Waals surface area contributed by atoms with Gasteiger partial charge in [-0.3, -0.25) is 14.5 Å². The summed E-state index contributed by atoms with van der Waals surface area (Å²) in [6, 6.07) is 18.1. The highest BCUT2D eigenvalue weighted by Gasteiger charge is 2.43. The molecule has 6 heteroatoms. The van der Waals surface area contributed by atoms with Crippen LogP contribution in [0.3, 0.4) is 0 Å². The highest BCUT2D eigenvalue weighted by Crippen LogP contribution is 2.29. The maximum atomic E-state index is 12.9. The van der Waals surface area contributed by atoms with Gasteiger partial charge < -0.3 is 11.1 Å². The van der Waals surface area contributed by atoms with E-state index in [1.165, 1.54) is 5.56 Å². The Morgan fingerprint density at radius 1 is 1.03 bits per heavy atom. The second-order valence-corrected chi connectivity index (χ2v) is 9.14. The maximum absolute atomic E-state index is 12.9. The number of guanidine groups is 1. The summed E-state index contributed by atoms with van der Waals surface area (Å²) >= 11 is 0. The van der Waals surface area contributed by atoms with E-state index in [2.05, 4.69) is 36.3 Å². The van der Waals surface area contributed by atoms with Crippen LogP contribution in [0.2, 0.25) is 0 Å². The van der Waals surface area contributed by atoms with E-state index in [9.17, 15) is 9.59 Å². The first kappa shape index (κ1) is 23.5. The average molecular weight is 435 g/mol. The van der Waals surface area contributed by atoms with E-state index in [0.717, 1.165) is 17.5 Å². The van der Waals surface area contributed by atoms with Crippen molar-refractivity contribution in [2.75, 3.05) is 6.54 Å². The van der Waals surface area contributed by atoms with Gasteiger partial charge in [0, 0.05) is 13.0 Å². The molecule has 0 bridgehead atoms. The molecule has 6 nitrogen and oxygen atoms in total. The molecule has 0 aromatic heterocycles. The fourth-order valence-corrected chi connectivity index (χ4v) is 4.17. The van der Waals surface area contributed by atoms with Crippen LogP contribution in [0.25, 0.3) is 0 Å². The van der Waals surface area contributed by atoms with Crippen molar-refractivity contribution in [3.05, 3.63) is 71.3 Å². The van der Waals surface area contributed by atoms with Crippen LogP contribution in [0.4, 0.5) is 0 Å². The van der Waals surface area contributed by atoms with Crippen LogP contribution in [-0.4, -0.2) is 34.8 Å². The molecule has 0 spiro atoms. The quantitative estimate of drug-likeness (QED) is 0.600. The molecule has 0 radical (unpaired) electrons. The Balaban J connectivity index is 1.45. The smallest absolute Gasteiger partial charge is 0.257 e. The van der Waals surface area contributed by atoms with Crippen LogP contribution in [-0.2, 0) is 29.0 Å². The van der Waals surface area contributed by atoms with E-state index in [1.54, 1.807) is 4.90 Å². The number of nitrogens with one attached hydrogen (secondary N) is 1. The number of aliphatic imine (C=N–C) groups is 1. The minimum atomic E-state index is -0.772. The topological polar surface area (TPSA) is 87.8 Å². The number of rotatable bonds is 10. The van der Waals surface area contributed by atoms with Gasteiger partial charge in [0.25, 0.3) is 5.91 Å². The number of nitrogens with zero attached hydrogens (tertiary/aromatic N) is 2. The van der Waals surface area contributed by atoms with Gasteiger partial charge in [-0.15, -0.1) is 0 Å². The van der Waals surface area contributed by atoms with Crippen molar-refractivity contribution >= 4 is 17.8 Å². The van der Waals surface area contributed by atoms with Gasteiger partial charge >= 0.3 is 0 Å². The van der Waals surface area contributed by atoms with Gasteiger partial charge in [0.1, 0.15) is 5.54 Å². The van der Waals surface area contributed by atoms with Gasteiger partial charge in [-0.2, -0.15) is 0 Å². The van der Waals surface area contributed by atoms with E-state index in [1.807, 2.05) is 49.4 Å². The fourth-order valence-electron chi connectivity index (χ4n) is 4.17. The number of hydrogen-bond acceptors (Lipinski definition) is 4. The SMILES string of the molecule is CC(C)CC1(C)N=C(N)N(Cc2ccc(CCC(=O)NCCc3ccccc3)cc2)C1=O. The number of hydrogen-bond donors (Lipinski definition) is 2. The molecule has 2 amide bonds. The van der Waals surface area contributed by atoms with Crippen molar-refractivity contribution in [3.8, 4) is 0 Å². The van der Waals surface area contributed by atoms with Gasteiger partial charge in [0.15, 0.2) is 5.96 Å². The molecule has 0 saturated carbocycles. The van der Waals surface area contributed by atoms with Crippen molar-refractivity contribution in [3.63, 3.8) is 0 Å². The first-order valence-electron chi connectivity index (χ1n) is 11.3. The fraction of sp³-hybridized carbons (Fsp3) is 0.423. The number of amides is 2. The molecule has 1 heterocycles. The minimum absolute atomic E-state index is 0.0417. The van der Waals surface area contributed by atoms with Crippen LogP contribution < -0.4 is 11.1 Å². The standard InChI is InChI=1S/C26H34N4O2/c1-19(2)17-26(3)24(32)30(25(27)29-26)18-22-11-9-21(10-12-22)13-14-23(31)28-16-15-20-7-5-4-6-8-20/h4-12,19H,13-18H2,1-3H3,(H2,27,29)(H,28,31). The summed E-state index contributed by atoms with van der Waals surface area (Å²) in [5.74, 6) is 0.658. The Morgan fingerprint density at radius 2 is 1.66 bits per heavy atom. The monoisotopic (exact) mass is 434 g/mol. The highest BCUT2D eigenvalue weighted by molar-refractivity contribution is 6.06. The zero-order valence-corrected chi connectivity index (χ0v) is 19.3. The lowest BCUT2D eigenvalue weighted by Crippen LogP contribution is -2.43. The summed E-state index contributed by atoms with van der Waals surface area (Å²) in [5.41, 5.74) is 8.59. The zero-order valence-electron chi connectivity index (χ0n) is 19.3. The predicted molar refractivity (Wildman–Crippen MR) is 128 cm³/mol.